The van der Waals surface area contributed by atoms with Crippen LogP contribution in [-0.4, -0.2) is 25.5 Å². The third-order valence-electron chi connectivity index (χ3n) is 1.62. The Labute approximate surface area is 101 Å². The van der Waals surface area contributed by atoms with E-state index in [9.17, 15) is 21.6 Å². The standard InChI is InChI=1S/C8H9F3N2O4S/c1-2-16-7-5(12)3-4-6(13-7)17-18(14,15)8(9,10)11/h3-4H,2,12H2,1H3. The van der Waals surface area contributed by atoms with Crippen molar-refractivity contribution in [2.75, 3.05) is 12.3 Å². The summed E-state index contributed by atoms with van der Waals surface area (Å²) in [5.41, 5.74) is -0.0660. The smallest absolute Gasteiger partial charge is 0.476 e. The second-order valence-electron chi connectivity index (χ2n) is 2.96. The lowest BCUT2D eigenvalue weighted by Crippen LogP contribution is -2.28. The number of nitrogen functional groups attached to an aromatic ring is 1. The number of aromatic nitrogens is 1. The fraction of sp³-hybridized carbons (Fsp3) is 0.375. The molecule has 2 N–H and O–H groups in total. The van der Waals surface area contributed by atoms with Crippen molar-refractivity contribution in [2.45, 2.75) is 12.4 Å². The lowest BCUT2D eigenvalue weighted by Gasteiger charge is -2.10. The molecule has 0 aromatic carbocycles. The minimum absolute atomic E-state index is 0.0496. The van der Waals surface area contributed by atoms with Gasteiger partial charge in [0.05, 0.1) is 12.3 Å². The van der Waals surface area contributed by atoms with Gasteiger partial charge in [0.15, 0.2) is 0 Å². The second-order valence-corrected chi connectivity index (χ2v) is 4.50. The minimum atomic E-state index is -5.75. The lowest BCUT2D eigenvalue weighted by atomic mass is 10.4. The highest BCUT2D eigenvalue weighted by Gasteiger charge is 2.48. The maximum atomic E-state index is 12.1. The molecule has 18 heavy (non-hydrogen) atoms. The van der Waals surface area contributed by atoms with Gasteiger partial charge in [-0.15, -0.1) is 0 Å². The first-order chi connectivity index (χ1) is 8.17. The third kappa shape index (κ3) is 3.15. The van der Waals surface area contributed by atoms with Gasteiger partial charge in [-0.2, -0.15) is 26.6 Å². The zero-order valence-corrected chi connectivity index (χ0v) is 9.88. The Morgan fingerprint density at radius 1 is 1.39 bits per heavy atom. The van der Waals surface area contributed by atoms with Gasteiger partial charge in [-0.05, 0) is 13.0 Å². The van der Waals surface area contributed by atoms with Crippen LogP contribution in [0.2, 0.25) is 0 Å². The van der Waals surface area contributed by atoms with Gasteiger partial charge in [-0.25, -0.2) is 0 Å². The van der Waals surface area contributed by atoms with Crippen LogP contribution in [0.5, 0.6) is 11.8 Å². The molecule has 1 aromatic rings. The predicted octanol–water partition coefficient (Wildman–Crippen LogP) is 1.29. The quantitative estimate of drug-likeness (QED) is 0.662. The first-order valence-electron chi connectivity index (χ1n) is 4.57. The Morgan fingerprint density at radius 3 is 2.50 bits per heavy atom. The molecule has 10 heteroatoms. The molecule has 1 rings (SSSR count). The number of alkyl halides is 3. The van der Waals surface area contributed by atoms with Crippen molar-refractivity contribution in [3.8, 4) is 11.8 Å². The summed E-state index contributed by atoms with van der Waals surface area (Å²) < 4.78 is 66.3. The van der Waals surface area contributed by atoms with Crippen LogP contribution < -0.4 is 14.7 Å². The highest BCUT2D eigenvalue weighted by atomic mass is 32.2. The molecule has 102 valence electrons. The average molecular weight is 286 g/mol. The molecule has 0 aliphatic rings. The van der Waals surface area contributed by atoms with Crippen LogP contribution in [0.25, 0.3) is 0 Å². The van der Waals surface area contributed by atoms with Crippen LogP contribution in [0, 0.1) is 0 Å². The normalized spacial score (nSPS) is 12.2. The molecule has 0 spiro atoms. The SMILES string of the molecule is CCOc1nc(OS(=O)(=O)C(F)(F)F)ccc1N. The Kier molecular flexibility index (Phi) is 3.89. The van der Waals surface area contributed by atoms with Crippen LogP contribution in [0.4, 0.5) is 18.9 Å². The van der Waals surface area contributed by atoms with Crippen LogP contribution >= 0.6 is 0 Å². The van der Waals surface area contributed by atoms with Crippen molar-refractivity contribution in [1.29, 1.82) is 0 Å². The molecule has 0 radical (unpaired) electrons. The first-order valence-corrected chi connectivity index (χ1v) is 5.98. The van der Waals surface area contributed by atoms with E-state index in [0.29, 0.717) is 0 Å². The molecule has 0 aliphatic heterocycles. The number of ether oxygens (including phenoxy) is 1. The Balaban J connectivity index is 3.03. The van der Waals surface area contributed by atoms with Crippen molar-refractivity contribution in [2.24, 2.45) is 0 Å². The zero-order valence-electron chi connectivity index (χ0n) is 9.06. The fourth-order valence-electron chi connectivity index (χ4n) is 0.893. The van der Waals surface area contributed by atoms with Crippen LogP contribution in [0.3, 0.4) is 0 Å². The number of pyridine rings is 1. The maximum absolute atomic E-state index is 12.1. The molecule has 0 bridgehead atoms. The van der Waals surface area contributed by atoms with Crippen molar-refractivity contribution >= 4 is 15.8 Å². The van der Waals surface area contributed by atoms with Gasteiger partial charge in [0.2, 0.25) is 11.8 Å². The van der Waals surface area contributed by atoms with Crippen LogP contribution in [-0.2, 0) is 10.1 Å². The van der Waals surface area contributed by atoms with E-state index in [1.807, 2.05) is 0 Å². The number of nitrogens with zero attached hydrogens (tertiary/aromatic N) is 1. The van der Waals surface area contributed by atoms with Gasteiger partial charge in [-0.1, -0.05) is 0 Å². The average Bonchev–Trinajstić information content (AvgIpc) is 2.21. The van der Waals surface area contributed by atoms with E-state index in [1.54, 1.807) is 6.92 Å². The molecule has 6 nitrogen and oxygen atoms in total. The summed E-state index contributed by atoms with van der Waals surface area (Å²) in [6.45, 7) is 1.76. The molecular weight excluding hydrogens is 277 g/mol. The van der Waals surface area contributed by atoms with E-state index >= 15 is 0 Å². The second kappa shape index (κ2) is 4.88. The van der Waals surface area contributed by atoms with Crippen LogP contribution in [0.1, 0.15) is 6.92 Å². The summed E-state index contributed by atoms with van der Waals surface area (Å²) in [6, 6.07) is 2.01. The summed E-state index contributed by atoms with van der Waals surface area (Å²) in [4.78, 5) is 3.41. The molecule has 0 saturated heterocycles. The third-order valence-corrected chi connectivity index (χ3v) is 2.58. The number of hydrogen-bond donors (Lipinski definition) is 1. The monoisotopic (exact) mass is 286 g/mol. The first kappa shape index (κ1) is 14.4. The van der Waals surface area contributed by atoms with E-state index in [1.165, 1.54) is 0 Å². The number of rotatable bonds is 4. The largest absolute Gasteiger partial charge is 0.534 e. The van der Waals surface area contributed by atoms with E-state index in [0.717, 1.165) is 12.1 Å². The summed E-state index contributed by atoms with van der Waals surface area (Å²) in [6.07, 6.45) is 0. The van der Waals surface area contributed by atoms with Crippen molar-refractivity contribution in [3.05, 3.63) is 12.1 Å². The Bertz CT molecular complexity index is 530. The molecule has 0 amide bonds. The molecule has 0 atom stereocenters. The molecule has 1 aromatic heterocycles. The summed E-state index contributed by atoms with van der Waals surface area (Å²) in [5, 5.41) is 0. The highest BCUT2D eigenvalue weighted by molar-refractivity contribution is 7.87. The summed E-state index contributed by atoms with van der Waals surface area (Å²) in [7, 11) is -5.75. The minimum Gasteiger partial charge on any atom is -0.476 e. The van der Waals surface area contributed by atoms with E-state index in [2.05, 4.69) is 9.17 Å². The summed E-state index contributed by atoms with van der Waals surface area (Å²) >= 11 is 0. The Morgan fingerprint density at radius 2 is 2.00 bits per heavy atom. The number of nitrogens with two attached hydrogens (primary N) is 1. The van der Waals surface area contributed by atoms with Crippen molar-refractivity contribution in [3.63, 3.8) is 0 Å². The van der Waals surface area contributed by atoms with E-state index < -0.39 is 21.5 Å². The van der Waals surface area contributed by atoms with Gasteiger partial charge in [-0.3, -0.25) is 0 Å². The Hall–Kier alpha value is -1.71. The van der Waals surface area contributed by atoms with Gasteiger partial charge in [0.1, 0.15) is 0 Å². The molecule has 0 fully saturated rings. The predicted molar refractivity (Wildman–Crippen MR) is 55.4 cm³/mol. The van der Waals surface area contributed by atoms with Crippen LogP contribution in [0.15, 0.2) is 12.1 Å². The fourth-order valence-corrected chi connectivity index (χ4v) is 1.30. The van der Waals surface area contributed by atoms with Gasteiger partial charge in [0.25, 0.3) is 0 Å². The topological polar surface area (TPSA) is 91.5 Å². The van der Waals surface area contributed by atoms with Gasteiger partial charge >= 0.3 is 15.6 Å². The van der Waals surface area contributed by atoms with Crippen molar-refractivity contribution in [1.82, 2.24) is 4.98 Å². The van der Waals surface area contributed by atoms with Gasteiger partial charge < -0.3 is 14.7 Å². The van der Waals surface area contributed by atoms with Crippen molar-refractivity contribution < 1.29 is 30.5 Å². The van der Waals surface area contributed by atoms with E-state index in [4.69, 9.17) is 10.5 Å². The number of anilines is 1. The van der Waals surface area contributed by atoms with E-state index in [-0.39, 0.29) is 18.2 Å². The summed E-state index contributed by atoms with van der Waals surface area (Å²) in [5.74, 6) is -0.975. The number of halogens is 3. The molecule has 0 saturated carbocycles. The maximum Gasteiger partial charge on any atom is 0.534 e. The lowest BCUT2D eigenvalue weighted by molar-refractivity contribution is -0.0501. The van der Waals surface area contributed by atoms with Gasteiger partial charge in [0, 0.05) is 6.07 Å². The molecular formula is C8H9F3N2O4S. The molecule has 1 heterocycles. The number of hydrogen-bond acceptors (Lipinski definition) is 6. The molecule has 0 unspecified atom stereocenters. The highest BCUT2D eigenvalue weighted by Crippen LogP contribution is 2.28. The molecule has 0 aliphatic carbocycles. The zero-order chi connectivity index (χ0) is 14.0.